The molecule has 8 heteroatoms. The lowest BCUT2D eigenvalue weighted by Gasteiger charge is -2.37. The van der Waals surface area contributed by atoms with E-state index in [0.717, 1.165) is 23.5 Å². The normalized spacial score (nSPS) is 24.8. The van der Waals surface area contributed by atoms with Crippen molar-refractivity contribution in [3.05, 3.63) is 46.3 Å². The number of benzene rings is 1. The molecule has 1 fully saturated rings. The molecule has 1 aliphatic heterocycles. The zero-order valence-electron chi connectivity index (χ0n) is 14.9. The van der Waals surface area contributed by atoms with Crippen LogP contribution in [0.2, 0.25) is 0 Å². The van der Waals surface area contributed by atoms with E-state index in [1.807, 2.05) is 19.9 Å². The molecule has 1 saturated heterocycles. The van der Waals surface area contributed by atoms with Gasteiger partial charge in [-0.1, -0.05) is 23.5 Å². The van der Waals surface area contributed by atoms with Crippen molar-refractivity contribution in [3.8, 4) is 5.88 Å². The van der Waals surface area contributed by atoms with Crippen molar-refractivity contribution in [2.24, 2.45) is 0 Å². The molecule has 0 bridgehead atoms. The first-order valence-electron chi connectivity index (χ1n) is 8.73. The second-order valence-electron chi connectivity index (χ2n) is 6.96. The van der Waals surface area contributed by atoms with Crippen LogP contribution in [0.1, 0.15) is 36.2 Å². The van der Waals surface area contributed by atoms with Crippen molar-refractivity contribution in [1.82, 2.24) is 14.6 Å². The van der Waals surface area contributed by atoms with Crippen LogP contribution < -0.4 is 4.90 Å². The number of rotatable bonds is 3. The SMILES string of the molecule is Cc1nc2sc([C@@H](c3cccc(F)c3)[NH+]3C[C@@H](C)O[C@@H](C)C3)c(O)n2n1. The number of ether oxygens (including phenoxy) is 1. The molecule has 4 atom stereocenters. The predicted octanol–water partition coefficient (Wildman–Crippen LogP) is 1.73. The quantitative estimate of drug-likeness (QED) is 0.730. The van der Waals surface area contributed by atoms with E-state index >= 15 is 0 Å². The summed E-state index contributed by atoms with van der Waals surface area (Å²) < 4.78 is 21.3. The van der Waals surface area contributed by atoms with Gasteiger partial charge in [0.05, 0.1) is 0 Å². The molecule has 0 saturated carbocycles. The number of thiazole rings is 1. The zero-order chi connectivity index (χ0) is 18.4. The van der Waals surface area contributed by atoms with Crippen LogP contribution in [0.25, 0.3) is 4.96 Å². The molecular formula is C18H22FN4O2S+. The molecule has 3 aromatic rings. The van der Waals surface area contributed by atoms with Crippen LogP contribution >= 0.6 is 11.3 Å². The Labute approximate surface area is 154 Å². The molecule has 2 aromatic heterocycles. The van der Waals surface area contributed by atoms with Crippen LogP contribution in [-0.2, 0) is 4.74 Å². The van der Waals surface area contributed by atoms with Gasteiger partial charge < -0.3 is 14.7 Å². The lowest BCUT2D eigenvalue weighted by atomic mass is 10.0. The highest BCUT2D eigenvalue weighted by Gasteiger charge is 2.37. The number of aromatic hydroxyl groups is 1. The van der Waals surface area contributed by atoms with E-state index in [1.165, 1.54) is 26.8 Å². The van der Waals surface area contributed by atoms with Crippen LogP contribution in [0.15, 0.2) is 24.3 Å². The van der Waals surface area contributed by atoms with Gasteiger partial charge in [0.2, 0.25) is 10.8 Å². The standard InChI is InChI=1S/C18H21FN4O2S/c1-10-8-22(9-11(2)25-10)15(13-5-4-6-14(19)7-13)16-17(24)23-18(26-16)20-12(3)21-23/h4-7,10-11,15,24H,8-9H2,1-3H3/p+1/t10-,11+,15-/m1/s1. The zero-order valence-corrected chi connectivity index (χ0v) is 15.8. The maximum Gasteiger partial charge on any atom is 0.235 e. The highest BCUT2D eigenvalue weighted by atomic mass is 32.1. The first-order valence-corrected chi connectivity index (χ1v) is 9.54. The minimum absolute atomic E-state index is 0.0826. The summed E-state index contributed by atoms with van der Waals surface area (Å²) in [6, 6.07) is 6.40. The summed E-state index contributed by atoms with van der Waals surface area (Å²) in [6.45, 7) is 7.43. The number of aromatic nitrogens is 3. The molecule has 1 unspecified atom stereocenters. The van der Waals surface area contributed by atoms with Gasteiger partial charge in [-0.15, -0.1) is 5.10 Å². The van der Waals surface area contributed by atoms with Crippen molar-refractivity contribution in [2.45, 2.75) is 39.0 Å². The van der Waals surface area contributed by atoms with E-state index < -0.39 is 0 Å². The number of hydrogen-bond acceptors (Lipinski definition) is 5. The second-order valence-corrected chi connectivity index (χ2v) is 7.96. The molecule has 3 heterocycles. The molecule has 138 valence electrons. The third kappa shape index (κ3) is 3.08. The third-order valence-electron chi connectivity index (χ3n) is 4.72. The van der Waals surface area contributed by atoms with Crippen LogP contribution in [0.3, 0.4) is 0 Å². The van der Waals surface area contributed by atoms with E-state index in [1.54, 1.807) is 19.1 Å². The van der Waals surface area contributed by atoms with Gasteiger partial charge in [0.15, 0.2) is 6.04 Å². The molecule has 0 amide bonds. The molecule has 0 aliphatic carbocycles. The van der Waals surface area contributed by atoms with Gasteiger partial charge in [-0.05, 0) is 32.9 Å². The molecule has 0 spiro atoms. The summed E-state index contributed by atoms with van der Waals surface area (Å²) >= 11 is 1.40. The van der Waals surface area contributed by atoms with Crippen molar-refractivity contribution in [3.63, 3.8) is 0 Å². The number of hydrogen-bond donors (Lipinski definition) is 2. The first kappa shape index (κ1) is 17.4. The molecule has 2 N–H and O–H groups in total. The Morgan fingerprint density at radius 2 is 2.08 bits per heavy atom. The molecule has 4 rings (SSSR count). The Morgan fingerprint density at radius 3 is 2.73 bits per heavy atom. The van der Waals surface area contributed by atoms with Crippen molar-refractivity contribution >= 4 is 16.3 Å². The molecule has 0 radical (unpaired) electrons. The van der Waals surface area contributed by atoms with Crippen molar-refractivity contribution < 1.29 is 19.1 Å². The Morgan fingerprint density at radius 1 is 1.35 bits per heavy atom. The van der Waals surface area contributed by atoms with E-state index in [9.17, 15) is 9.50 Å². The molecule has 1 aromatic carbocycles. The summed E-state index contributed by atoms with van der Waals surface area (Å²) in [5.74, 6) is 0.413. The number of nitrogens with zero attached hydrogens (tertiary/aromatic N) is 3. The van der Waals surface area contributed by atoms with Gasteiger partial charge in [-0.25, -0.2) is 9.37 Å². The van der Waals surface area contributed by atoms with E-state index in [-0.39, 0.29) is 29.9 Å². The van der Waals surface area contributed by atoms with Crippen molar-refractivity contribution in [2.75, 3.05) is 13.1 Å². The van der Waals surface area contributed by atoms with E-state index in [2.05, 4.69) is 10.1 Å². The maximum atomic E-state index is 13.9. The lowest BCUT2D eigenvalue weighted by molar-refractivity contribution is -0.939. The smallest absolute Gasteiger partial charge is 0.235 e. The Balaban J connectivity index is 1.84. The number of morpholine rings is 1. The first-order chi connectivity index (χ1) is 12.4. The third-order valence-corrected chi connectivity index (χ3v) is 5.81. The molecule has 6 nitrogen and oxygen atoms in total. The minimum atomic E-state index is -0.281. The van der Waals surface area contributed by atoms with Gasteiger partial charge in [-0.2, -0.15) is 4.52 Å². The second kappa shape index (κ2) is 6.61. The van der Waals surface area contributed by atoms with Crippen LogP contribution in [0, 0.1) is 12.7 Å². The van der Waals surface area contributed by atoms with Crippen LogP contribution in [-0.4, -0.2) is 45.0 Å². The predicted molar refractivity (Wildman–Crippen MR) is 96.2 cm³/mol. The fraction of sp³-hybridized carbons (Fsp3) is 0.444. The van der Waals surface area contributed by atoms with Crippen LogP contribution in [0.4, 0.5) is 4.39 Å². The number of nitrogens with one attached hydrogen (secondary N) is 1. The van der Waals surface area contributed by atoms with Gasteiger partial charge in [-0.3, -0.25) is 0 Å². The summed E-state index contributed by atoms with van der Waals surface area (Å²) in [7, 11) is 0. The highest BCUT2D eigenvalue weighted by Crippen LogP contribution is 2.35. The largest absolute Gasteiger partial charge is 0.492 e. The monoisotopic (exact) mass is 377 g/mol. The number of fused-ring (bicyclic) bond motifs is 1. The van der Waals surface area contributed by atoms with Gasteiger partial charge in [0, 0.05) is 5.56 Å². The van der Waals surface area contributed by atoms with E-state index in [0.29, 0.717) is 10.8 Å². The minimum Gasteiger partial charge on any atom is -0.492 e. The summed E-state index contributed by atoms with van der Waals surface area (Å²) in [5, 5.41) is 15.1. The fourth-order valence-corrected chi connectivity index (χ4v) is 5.03. The summed E-state index contributed by atoms with van der Waals surface area (Å²) in [5.41, 5.74) is 0.831. The topological polar surface area (TPSA) is 64.1 Å². The maximum absolute atomic E-state index is 13.9. The van der Waals surface area contributed by atoms with Crippen molar-refractivity contribution in [1.29, 1.82) is 0 Å². The molecular weight excluding hydrogens is 355 g/mol. The highest BCUT2D eigenvalue weighted by molar-refractivity contribution is 7.17. The molecule has 1 aliphatic rings. The lowest BCUT2D eigenvalue weighted by Crippen LogP contribution is -3.15. The average molecular weight is 377 g/mol. The number of halogens is 1. The van der Waals surface area contributed by atoms with E-state index in [4.69, 9.17) is 4.74 Å². The molecule has 26 heavy (non-hydrogen) atoms. The Kier molecular flexibility index (Phi) is 4.42. The number of aryl methyl sites for hydroxylation is 1. The van der Waals surface area contributed by atoms with Crippen LogP contribution in [0.5, 0.6) is 5.88 Å². The van der Waals surface area contributed by atoms with Gasteiger partial charge in [0.25, 0.3) is 0 Å². The van der Waals surface area contributed by atoms with Gasteiger partial charge in [0.1, 0.15) is 41.8 Å². The summed E-state index contributed by atoms with van der Waals surface area (Å²) in [4.78, 5) is 7.00. The summed E-state index contributed by atoms with van der Waals surface area (Å²) in [6.07, 6.45) is 0.188. The fourth-order valence-electron chi connectivity index (χ4n) is 3.84. The Bertz CT molecular complexity index is 931. The number of quaternary nitrogens is 1. The Hall–Kier alpha value is -2.03. The average Bonchev–Trinajstić information content (AvgIpc) is 3.05. The van der Waals surface area contributed by atoms with Gasteiger partial charge >= 0.3 is 0 Å².